The third-order valence-corrected chi connectivity index (χ3v) is 0. The smallest absolute Gasteiger partial charge is 0 e. The van der Waals surface area contributed by atoms with Crippen LogP contribution in [-0.4, -0.2) is 0 Å². The fraction of sp³-hybridized carbons (Fsp3) is 0. The molecule has 0 amide bonds. The van der Waals surface area contributed by atoms with Gasteiger partial charge in [-0.15, -0.1) is 0 Å². The largest absolute Gasteiger partial charge is 0.813 e. The van der Waals surface area contributed by atoms with Crippen molar-refractivity contribution < 1.29 is 193 Å². The first-order valence-electron chi connectivity index (χ1n) is 7.35. The maximum atomic E-state index is 8.52. The summed E-state index contributed by atoms with van der Waals surface area (Å²) < 4.78 is 102. The zero-order valence-electron chi connectivity index (χ0n) is 51.1. The molecule has 79 heteroatoms. The van der Waals surface area contributed by atoms with Gasteiger partial charge in [-0.25, -0.2) is 0 Å². The van der Waals surface area contributed by atoms with Crippen molar-refractivity contribution in [1.82, 2.24) is 185 Å². The van der Waals surface area contributed by atoms with Gasteiger partial charge in [-0.3, -0.25) is 0 Å². The molecule has 0 radical (unpaired) electrons. The van der Waals surface area contributed by atoms with Crippen LogP contribution in [0.5, 0.6) is 0 Å². The Kier molecular flexibility index (Phi) is 1610. The number of quaternary nitrogens is 30. The summed E-state index contributed by atoms with van der Waals surface area (Å²) in [6, 6.07) is 0. The summed E-state index contributed by atoms with van der Waals surface area (Å²) in [5, 5.41) is 0. The van der Waals surface area contributed by atoms with E-state index in [9.17, 15) is 0 Å². The van der Waals surface area contributed by atoms with Crippen LogP contribution >= 0.6 is 99.1 Å². The van der Waals surface area contributed by atoms with E-state index in [4.69, 9.17) is 172 Å². The van der Waals surface area contributed by atoms with Gasteiger partial charge < -0.3 is 357 Å². The van der Waals surface area contributed by atoms with Gasteiger partial charge in [0.2, 0.25) is 0 Å². The summed E-state index contributed by atoms with van der Waals surface area (Å²) in [6.45, 7) is 0. The Morgan fingerprint density at radius 1 is 0.101 bits per heavy atom. The van der Waals surface area contributed by atoms with Crippen LogP contribution in [0.4, 0.5) is 0 Å². The van der Waals surface area contributed by atoms with Crippen LogP contribution in [0.2, 0.25) is 0 Å². The summed E-state index contributed by atoms with van der Waals surface area (Å²) in [7, 11) is -43.6. The molecule has 0 fully saturated rings. The SMILES string of the molecule is O=[PH]([O-])[O-].O=[PH]([O-])[O-].O=[PH]([O-])[O-].O=[PH]([O-])[O-].O=[PH]([O-])[O-].O=[PH]([O-])[O-].O=[PH]([O-])[O-].O=[PH]([O-])[O-].O=[PH]([O-])[O-].O=[PH]([O-])[O-].O=[PH]([O-])[O-].O=[PH]([O-])[O-].[Mo].[NH4+].[NH4+].[NH4+].[NH4+].[NH4+].[NH4+].[NH4+].[NH4+].[NH4+].[NH4+].[NH4+].[NH4+].[NH4+].[NH4+].[NH4+].[NH4+].[NH4+].[NH4+].[NH4+].[NH4+].[NH4+].[NH4+].[NH4+].[NH4+].[NH4+].[NH4+].[NH4+].[NH4+].[NH4+].[NH4+]. The van der Waals surface area contributed by atoms with E-state index in [-0.39, 0.29) is 206 Å². The molecule has 0 saturated heterocycles. The van der Waals surface area contributed by atoms with E-state index >= 15 is 0 Å². The Labute approximate surface area is 475 Å². The molecule has 0 atom stereocenters. The second kappa shape index (κ2) is 350. The molecular formula is H132MoN30O36P12+6. The van der Waals surface area contributed by atoms with Crippen LogP contribution in [0.25, 0.3) is 0 Å². The van der Waals surface area contributed by atoms with Gasteiger partial charge in [0, 0.05) is 21.1 Å². The van der Waals surface area contributed by atoms with Crippen LogP contribution in [0.3, 0.4) is 0 Å². The average Bonchev–Trinajstić information content (AvgIpc) is 2.61. The summed E-state index contributed by atoms with van der Waals surface area (Å²) in [5.41, 5.74) is 0. The minimum Gasteiger partial charge on any atom is -0.813 e. The van der Waals surface area contributed by atoms with E-state index in [2.05, 4.69) is 0 Å². The first-order chi connectivity index (χ1) is 20.8. The number of hydrogen-bond acceptors (Lipinski definition) is 36. The van der Waals surface area contributed by atoms with Gasteiger partial charge in [0.15, 0.2) is 0 Å². The zero-order valence-corrected chi connectivity index (χ0v) is 65.1. The molecule has 0 unspecified atom stereocenters. The molecule has 0 aliphatic rings. The van der Waals surface area contributed by atoms with Gasteiger partial charge in [0.1, 0.15) is 0 Å². The minimum absolute atomic E-state index is 0. The van der Waals surface area contributed by atoms with Crippen molar-refractivity contribution in [2.24, 2.45) is 0 Å². The van der Waals surface area contributed by atoms with Gasteiger partial charge >= 0.3 is 0 Å². The summed E-state index contributed by atoms with van der Waals surface area (Å²) in [5.74, 6) is 0. The molecule has 120 N–H and O–H groups in total. The van der Waals surface area contributed by atoms with Gasteiger partial charge in [0.05, 0.1) is 0 Å². The molecule has 0 bridgehead atoms. The van der Waals surface area contributed by atoms with Gasteiger partial charge in [-0.2, -0.15) is 0 Å². The summed E-state index contributed by atoms with van der Waals surface area (Å²) in [6.07, 6.45) is 0. The van der Waals surface area contributed by atoms with Crippen molar-refractivity contribution in [3.05, 3.63) is 0 Å². The Balaban J connectivity index is -0.00000000421. The third-order valence-electron chi connectivity index (χ3n) is 0. The second-order valence-electron chi connectivity index (χ2n) is 3.00. The van der Waals surface area contributed by atoms with Crippen LogP contribution in [-0.2, 0) is 75.8 Å². The van der Waals surface area contributed by atoms with Crippen LogP contribution in [0.15, 0.2) is 0 Å². The first kappa shape index (κ1) is 363. The maximum absolute atomic E-state index is 8.52. The van der Waals surface area contributed by atoms with Crippen LogP contribution in [0, 0.1) is 0 Å². The van der Waals surface area contributed by atoms with E-state index in [0.29, 0.717) is 0 Å². The average molecular weight is 1600 g/mol. The Morgan fingerprint density at radius 3 is 0.101 bits per heavy atom. The molecule has 0 saturated carbocycles. The molecular weight excluding hydrogens is 1460 g/mol. The van der Waals surface area contributed by atoms with E-state index < -0.39 is 99.1 Å². The zero-order chi connectivity index (χ0) is 42.9. The standard InChI is InChI=1S/Mo.30H3N.12H3O3P/c;;;;;;;;;;;;;;;;;;;;;;;;;;;;;;;12*1-4(2)3/h;30*1H3;12*4H,(H2,1,2,3)/p+6. The normalized spacial score (nSPS) is 5.32. The first-order valence-corrected chi connectivity index (χ1v) is 22.0. The molecule has 79 heavy (non-hydrogen) atoms. The number of rotatable bonds is 0. The van der Waals surface area contributed by atoms with Crippen molar-refractivity contribution in [2.45, 2.75) is 0 Å². The Hall–Kier alpha value is 1.29. The molecule has 558 valence electrons. The maximum Gasteiger partial charge on any atom is 0 e. The van der Waals surface area contributed by atoms with Crippen molar-refractivity contribution in [2.75, 3.05) is 0 Å². The molecule has 0 aliphatic heterocycles. The van der Waals surface area contributed by atoms with Gasteiger partial charge in [-0.05, 0) is 0 Å². The molecule has 0 aromatic rings. The predicted octanol–water partition coefficient (Wildman–Crippen LogP) is -11.6. The topological polar surface area (TPSA) is 1850 Å². The number of hydrogen-bond donors (Lipinski definition) is 30. The molecule has 0 aliphatic carbocycles. The fourth-order valence-corrected chi connectivity index (χ4v) is 0. The summed E-state index contributed by atoms with van der Waals surface area (Å²) >= 11 is 0. The van der Waals surface area contributed by atoms with Gasteiger partial charge in [-0.1, -0.05) is 99.1 Å². The molecule has 66 nitrogen and oxygen atoms in total. The van der Waals surface area contributed by atoms with E-state index in [1.165, 1.54) is 0 Å². The molecule has 0 aromatic heterocycles. The fourth-order valence-electron chi connectivity index (χ4n) is 0. The van der Waals surface area contributed by atoms with Crippen molar-refractivity contribution in [3.63, 3.8) is 0 Å². The molecule has 0 spiro atoms. The Morgan fingerprint density at radius 2 is 0.101 bits per heavy atom. The Bertz CT molecular complexity index is 656. The van der Waals surface area contributed by atoms with Crippen molar-refractivity contribution >= 4 is 99.1 Å². The molecule has 0 heterocycles. The van der Waals surface area contributed by atoms with E-state index in [1.54, 1.807) is 0 Å². The van der Waals surface area contributed by atoms with Crippen molar-refractivity contribution in [1.29, 1.82) is 0 Å². The molecule has 0 rings (SSSR count). The second-order valence-corrected chi connectivity index (χ2v) is 9.00. The minimum atomic E-state index is -3.63. The third kappa shape index (κ3) is 285000. The van der Waals surface area contributed by atoms with Crippen LogP contribution in [0.1, 0.15) is 0 Å². The monoisotopic (exact) mass is 1600 g/mol. The van der Waals surface area contributed by atoms with Crippen molar-refractivity contribution in [3.8, 4) is 0 Å². The van der Waals surface area contributed by atoms with E-state index in [0.717, 1.165) is 0 Å². The van der Waals surface area contributed by atoms with Gasteiger partial charge in [0.25, 0.3) is 0 Å². The predicted molar refractivity (Wildman–Crippen MR) is 288 cm³/mol. The summed E-state index contributed by atoms with van der Waals surface area (Å²) in [4.78, 5) is 204. The quantitative estimate of drug-likeness (QED) is 0.0791. The van der Waals surface area contributed by atoms with E-state index in [1.807, 2.05) is 0 Å². The molecule has 0 aromatic carbocycles. The van der Waals surface area contributed by atoms with Crippen LogP contribution < -0.4 is 302 Å².